The molecule has 2 N–H and O–H groups in total. The van der Waals surface area contributed by atoms with E-state index in [0.29, 0.717) is 24.5 Å². The second kappa shape index (κ2) is 6.02. The van der Waals surface area contributed by atoms with E-state index in [2.05, 4.69) is 30.8 Å². The Morgan fingerprint density at radius 1 is 1.30 bits per heavy atom. The van der Waals surface area contributed by atoms with Gasteiger partial charge in [0.1, 0.15) is 12.9 Å². The van der Waals surface area contributed by atoms with Crippen molar-refractivity contribution in [3.8, 4) is 5.75 Å². The highest BCUT2D eigenvalue weighted by molar-refractivity contribution is 5.64. The van der Waals surface area contributed by atoms with Gasteiger partial charge >= 0.3 is 0 Å². The van der Waals surface area contributed by atoms with Gasteiger partial charge in [0.15, 0.2) is 11.6 Å². The molecule has 0 radical (unpaired) electrons. The van der Waals surface area contributed by atoms with Gasteiger partial charge in [0, 0.05) is 19.4 Å². The van der Waals surface area contributed by atoms with Crippen LogP contribution in [0.15, 0.2) is 10.7 Å². The van der Waals surface area contributed by atoms with Gasteiger partial charge in [-0.1, -0.05) is 0 Å². The van der Waals surface area contributed by atoms with E-state index in [1.165, 1.54) is 0 Å². The number of hydrogen-bond acceptors (Lipinski definition) is 8. The van der Waals surface area contributed by atoms with Crippen LogP contribution in [-0.4, -0.2) is 39.4 Å². The molecule has 0 saturated heterocycles. The monoisotopic (exact) mass is 316 g/mol. The molecule has 1 saturated carbocycles. The number of aromatic nitrogens is 4. The van der Waals surface area contributed by atoms with Crippen molar-refractivity contribution in [2.24, 2.45) is 5.92 Å². The molecular formula is C15H20N6O2. The van der Waals surface area contributed by atoms with Crippen LogP contribution in [0.1, 0.15) is 31.0 Å². The Hall–Kier alpha value is -2.38. The molecule has 2 aromatic rings. The Bertz CT molecular complexity index is 688. The minimum atomic E-state index is 0.383. The highest BCUT2D eigenvalue weighted by Gasteiger charge is 2.28. The molecule has 122 valence electrons. The predicted molar refractivity (Wildman–Crippen MR) is 83.5 cm³/mol. The lowest BCUT2D eigenvalue weighted by molar-refractivity contribution is 0.321. The summed E-state index contributed by atoms with van der Waals surface area (Å²) in [7, 11) is 0. The summed E-state index contributed by atoms with van der Waals surface area (Å²) in [5, 5.41) is 14.7. The Morgan fingerprint density at radius 2 is 2.26 bits per heavy atom. The van der Waals surface area contributed by atoms with Crippen LogP contribution in [0.3, 0.4) is 0 Å². The Kier molecular flexibility index (Phi) is 3.72. The minimum Gasteiger partial charge on any atom is -0.485 e. The van der Waals surface area contributed by atoms with Crippen LogP contribution in [0.2, 0.25) is 0 Å². The average molecular weight is 316 g/mol. The molecule has 8 heteroatoms. The second-order valence-corrected chi connectivity index (χ2v) is 6.11. The maximum Gasteiger partial charge on any atom is 0.216 e. The van der Waals surface area contributed by atoms with Crippen molar-refractivity contribution in [2.75, 3.05) is 23.8 Å². The molecule has 3 heterocycles. The molecule has 0 unspecified atom stereocenters. The topological polar surface area (TPSA) is 98.0 Å². The van der Waals surface area contributed by atoms with Gasteiger partial charge in [-0.25, -0.2) is 9.97 Å². The van der Waals surface area contributed by atoms with Crippen molar-refractivity contribution >= 4 is 11.6 Å². The first-order valence-corrected chi connectivity index (χ1v) is 8.05. The van der Waals surface area contributed by atoms with Gasteiger partial charge in [0.2, 0.25) is 17.5 Å². The SMILES string of the molecule is Cc1nnc(C[C@@H]2CC[C@H](Nc3ncnc4c3OCCN4)C2)o1. The van der Waals surface area contributed by atoms with Crippen molar-refractivity contribution in [2.45, 2.75) is 38.6 Å². The predicted octanol–water partition coefficient (Wildman–Crippen LogP) is 1.80. The molecule has 1 aliphatic carbocycles. The summed E-state index contributed by atoms with van der Waals surface area (Å²) in [5.41, 5.74) is 0. The standard InChI is InChI=1S/C15H20N6O2/c1-9-20-21-12(23-9)7-10-2-3-11(6-10)19-15-13-14(17-8-18-15)16-4-5-22-13/h8,10-11H,2-7H2,1H3,(H2,16,17,18,19)/t10-,11+/m1/s1. The number of nitrogens with one attached hydrogen (secondary N) is 2. The first kappa shape index (κ1) is 14.2. The maximum atomic E-state index is 5.71. The molecule has 4 rings (SSSR count). The van der Waals surface area contributed by atoms with Crippen LogP contribution >= 0.6 is 0 Å². The van der Waals surface area contributed by atoms with E-state index in [0.717, 1.165) is 55.5 Å². The van der Waals surface area contributed by atoms with Crippen molar-refractivity contribution < 1.29 is 9.15 Å². The number of hydrogen-bond donors (Lipinski definition) is 2. The third-order valence-electron chi connectivity index (χ3n) is 4.36. The highest BCUT2D eigenvalue weighted by Crippen LogP contribution is 2.35. The van der Waals surface area contributed by atoms with Crippen molar-refractivity contribution in [3.05, 3.63) is 18.1 Å². The Morgan fingerprint density at radius 3 is 3.13 bits per heavy atom. The van der Waals surface area contributed by atoms with E-state index in [-0.39, 0.29) is 0 Å². The van der Waals surface area contributed by atoms with Crippen molar-refractivity contribution in [3.63, 3.8) is 0 Å². The van der Waals surface area contributed by atoms with Gasteiger partial charge in [-0.3, -0.25) is 0 Å². The Labute approximate surface area is 134 Å². The largest absolute Gasteiger partial charge is 0.485 e. The molecular weight excluding hydrogens is 296 g/mol. The lowest BCUT2D eigenvalue weighted by Crippen LogP contribution is -2.23. The van der Waals surface area contributed by atoms with Crippen LogP contribution in [0.25, 0.3) is 0 Å². The molecule has 23 heavy (non-hydrogen) atoms. The third-order valence-corrected chi connectivity index (χ3v) is 4.36. The fraction of sp³-hybridized carbons (Fsp3) is 0.600. The quantitative estimate of drug-likeness (QED) is 0.881. The maximum absolute atomic E-state index is 5.71. The zero-order chi connectivity index (χ0) is 15.6. The zero-order valence-electron chi connectivity index (χ0n) is 13.1. The summed E-state index contributed by atoms with van der Waals surface area (Å²) in [5.74, 6) is 4.20. The van der Waals surface area contributed by atoms with Gasteiger partial charge in [-0.15, -0.1) is 10.2 Å². The number of fused-ring (bicyclic) bond motifs is 1. The van der Waals surface area contributed by atoms with E-state index < -0.39 is 0 Å². The molecule has 2 aliphatic rings. The highest BCUT2D eigenvalue weighted by atomic mass is 16.5. The number of ether oxygens (including phenoxy) is 1. The number of anilines is 2. The summed E-state index contributed by atoms with van der Waals surface area (Å²) >= 11 is 0. The normalized spacial score (nSPS) is 23.0. The van der Waals surface area contributed by atoms with Crippen LogP contribution < -0.4 is 15.4 Å². The van der Waals surface area contributed by atoms with E-state index >= 15 is 0 Å². The van der Waals surface area contributed by atoms with Crippen LogP contribution in [-0.2, 0) is 6.42 Å². The number of rotatable bonds is 4. The van der Waals surface area contributed by atoms with Gasteiger partial charge < -0.3 is 19.8 Å². The minimum absolute atomic E-state index is 0.383. The molecule has 0 bridgehead atoms. The van der Waals surface area contributed by atoms with E-state index in [9.17, 15) is 0 Å². The molecule has 1 fully saturated rings. The second-order valence-electron chi connectivity index (χ2n) is 6.11. The van der Waals surface area contributed by atoms with Crippen molar-refractivity contribution in [1.29, 1.82) is 0 Å². The molecule has 2 atom stereocenters. The van der Waals surface area contributed by atoms with E-state index in [1.807, 2.05) is 6.92 Å². The summed E-state index contributed by atoms with van der Waals surface area (Å²) in [6, 6.07) is 0.383. The van der Waals surface area contributed by atoms with Gasteiger partial charge in [-0.05, 0) is 25.2 Å². The van der Waals surface area contributed by atoms with Crippen LogP contribution in [0.4, 0.5) is 11.6 Å². The van der Waals surface area contributed by atoms with Crippen LogP contribution in [0, 0.1) is 12.8 Å². The van der Waals surface area contributed by atoms with Gasteiger partial charge in [0.25, 0.3) is 0 Å². The van der Waals surface area contributed by atoms with Crippen molar-refractivity contribution in [1.82, 2.24) is 20.2 Å². The summed E-state index contributed by atoms with van der Waals surface area (Å²) in [6.45, 7) is 3.24. The molecule has 0 spiro atoms. The summed E-state index contributed by atoms with van der Waals surface area (Å²) in [4.78, 5) is 8.55. The van der Waals surface area contributed by atoms with Crippen LogP contribution in [0.5, 0.6) is 5.75 Å². The summed E-state index contributed by atoms with van der Waals surface area (Å²) < 4.78 is 11.2. The van der Waals surface area contributed by atoms with E-state index in [4.69, 9.17) is 9.15 Å². The lowest BCUT2D eigenvalue weighted by atomic mass is 10.0. The van der Waals surface area contributed by atoms with Gasteiger partial charge in [-0.2, -0.15) is 0 Å². The molecule has 1 aliphatic heterocycles. The number of nitrogens with zero attached hydrogens (tertiary/aromatic N) is 4. The molecule has 0 aromatic carbocycles. The fourth-order valence-electron chi connectivity index (χ4n) is 3.31. The first-order valence-electron chi connectivity index (χ1n) is 8.05. The zero-order valence-corrected chi connectivity index (χ0v) is 13.1. The molecule has 8 nitrogen and oxygen atoms in total. The first-order chi connectivity index (χ1) is 11.3. The molecule has 2 aromatic heterocycles. The van der Waals surface area contributed by atoms with E-state index in [1.54, 1.807) is 6.33 Å². The third kappa shape index (κ3) is 3.06. The summed E-state index contributed by atoms with van der Waals surface area (Å²) in [6.07, 6.45) is 5.72. The molecule has 0 amide bonds. The Balaban J connectivity index is 1.39. The van der Waals surface area contributed by atoms with Gasteiger partial charge in [0.05, 0.1) is 6.54 Å². The number of aryl methyl sites for hydroxylation is 1. The average Bonchev–Trinajstić information content (AvgIpc) is 3.17. The lowest BCUT2D eigenvalue weighted by Gasteiger charge is -2.22. The fourth-order valence-corrected chi connectivity index (χ4v) is 3.31. The smallest absolute Gasteiger partial charge is 0.216 e.